The van der Waals surface area contributed by atoms with Crippen LogP contribution in [-0.4, -0.2) is 23.1 Å². The quantitative estimate of drug-likeness (QED) is 0.650. The van der Waals surface area contributed by atoms with Crippen molar-refractivity contribution < 1.29 is 23.1 Å². The summed E-state index contributed by atoms with van der Waals surface area (Å²) in [7, 11) is 0. The second-order valence-corrected chi connectivity index (χ2v) is 6.86. The van der Waals surface area contributed by atoms with Crippen LogP contribution in [0.3, 0.4) is 0 Å². The molecule has 0 aliphatic rings. The number of thiophene rings is 1. The van der Waals surface area contributed by atoms with E-state index in [1.165, 1.54) is 15.9 Å². The Balaban J connectivity index is 2.17. The third-order valence-corrected chi connectivity index (χ3v) is 5.10. The van der Waals surface area contributed by atoms with E-state index in [4.69, 9.17) is 4.74 Å². The lowest BCUT2D eigenvalue weighted by Gasteiger charge is -2.05. The zero-order valence-electron chi connectivity index (χ0n) is 13.0. The normalized spacial score (nSPS) is 11.9. The summed E-state index contributed by atoms with van der Waals surface area (Å²) in [4.78, 5) is 28.6. The molecule has 0 spiro atoms. The third kappa shape index (κ3) is 3.67. The van der Waals surface area contributed by atoms with E-state index in [0.717, 1.165) is 23.5 Å². The van der Waals surface area contributed by atoms with Gasteiger partial charge in [-0.1, -0.05) is 17.4 Å². The third-order valence-electron chi connectivity index (χ3n) is 3.22. The number of hydrogen-bond donors (Lipinski definition) is 0. The van der Waals surface area contributed by atoms with Crippen molar-refractivity contribution in [2.45, 2.75) is 13.5 Å². The number of hydrogen-bond acceptors (Lipinski definition) is 5. The van der Waals surface area contributed by atoms with E-state index in [1.54, 1.807) is 24.4 Å². The largest absolute Gasteiger partial charge is 0.465 e. The maximum absolute atomic E-state index is 14.2. The van der Waals surface area contributed by atoms with E-state index in [1.807, 2.05) is 0 Å². The fourth-order valence-electron chi connectivity index (χ4n) is 2.24. The first kappa shape index (κ1) is 17.4. The molecule has 0 saturated carbocycles. The van der Waals surface area contributed by atoms with Gasteiger partial charge in [0.15, 0.2) is 10.6 Å². The lowest BCUT2D eigenvalue weighted by Crippen LogP contribution is -2.23. The summed E-state index contributed by atoms with van der Waals surface area (Å²) in [5, 5.41) is 1.73. The van der Waals surface area contributed by atoms with E-state index in [2.05, 4.69) is 4.99 Å². The second kappa shape index (κ2) is 7.24. The number of thiazole rings is 1. The monoisotopic (exact) mass is 382 g/mol. The SMILES string of the molecule is CCOC(=O)Cn1c(=NC(=O)c2cccs2)sc2cc(F)cc(F)c21. The predicted molar refractivity (Wildman–Crippen MR) is 90.6 cm³/mol. The molecule has 2 heterocycles. The molecule has 1 amide bonds. The van der Waals surface area contributed by atoms with Gasteiger partial charge in [0.25, 0.3) is 5.91 Å². The summed E-state index contributed by atoms with van der Waals surface area (Å²) < 4.78 is 34.1. The van der Waals surface area contributed by atoms with E-state index in [9.17, 15) is 18.4 Å². The Hall–Kier alpha value is -2.39. The zero-order valence-corrected chi connectivity index (χ0v) is 14.6. The molecule has 2 aromatic heterocycles. The Bertz CT molecular complexity index is 1010. The summed E-state index contributed by atoms with van der Waals surface area (Å²) in [6, 6.07) is 5.18. The van der Waals surface area contributed by atoms with E-state index in [-0.39, 0.29) is 28.2 Å². The van der Waals surface area contributed by atoms with Gasteiger partial charge in [-0.3, -0.25) is 9.59 Å². The van der Waals surface area contributed by atoms with Crippen molar-refractivity contribution in [1.29, 1.82) is 0 Å². The molecule has 130 valence electrons. The minimum atomic E-state index is -0.833. The maximum Gasteiger partial charge on any atom is 0.326 e. The van der Waals surface area contributed by atoms with Gasteiger partial charge in [0, 0.05) is 6.07 Å². The molecule has 0 N–H and O–H groups in total. The van der Waals surface area contributed by atoms with Gasteiger partial charge < -0.3 is 9.30 Å². The van der Waals surface area contributed by atoms with Crippen LogP contribution in [0.4, 0.5) is 8.78 Å². The van der Waals surface area contributed by atoms with Crippen LogP contribution >= 0.6 is 22.7 Å². The van der Waals surface area contributed by atoms with Crippen LogP contribution in [0.1, 0.15) is 16.6 Å². The van der Waals surface area contributed by atoms with E-state index >= 15 is 0 Å². The predicted octanol–water partition coefficient (Wildman–Crippen LogP) is 3.35. The summed E-state index contributed by atoms with van der Waals surface area (Å²) in [6.07, 6.45) is 0. The van der Waals surface area contributed by atoms with Crippen molar-refractivity contribution in [1.82, 2.24) is 4.57 Å². The fourth-order valence-corrected chi connectivity index (χ4v) is 3.91. The van der Waals surface area contributed by atoms with Crippen LogP contribution < -0.4 is 4.80 Å². The van der Waals surface area contributed by atoms with Gasteiger partial charge in [0.1, 0.15) is 12.4 Å². The number of carbonyl (C=O) groups is 2. The van der Waals surface area contributed by atoms with Crippen molar-refractivity contribution in [3.8, 4) is 0 Å². The highest BCUT2D eigenvalue weighted by atomic mass is 32.1. The highest BCUT2D eigenvalue weighted by molar-refractivity contribution is 7.16. The number of ether oxygens (including phenoxy) is 1. The van der Waals surface area contributed by atoms with E-state index in [0.29, 0.717) is 4.88 Å². The lowest BCUT2D eigenvalue weighted by molar-refractivity contribution is -0.143. The molecular formula is C16H12F2N2O3S2. The van der Waals surface area contributed by atoms with Gasteiger partial charge in [-0.2, -0.15) is 4.99 Å². The number of rotatable bonds is 4. The van der Waals surface area contributed by atoms with Crippen LogP contribution in [0.15, 0.2) is 34.6 Å². The molecule has 1 aromatic carbocycles. The number of amides is 1. The highest BCUT2D eigenvalue weighted by Gasteiger charge is 2.17. The molecule has 0 aliphatic heterocycles. The van der Waals surface area contributed by atoms with Crippen LogP contribution in [0.2, 0.25) is 0 Å². The first-order chi connectivity index (χ1) is 12.0. The van der Waals surface area contributed by atoms with E-state index < -0.39 is 23.5 Å². The zero-order chi connectivity index (χ0) is 18.0. The van der Waals surface area contributed by atoms with Gasteiger partial charge >= 0.3 is 5.97 Å². The van der Waals surface area contributed by atoms with Crippen molar-refractivity contribution in [3.05, 3.63) is 51.0 Å². The summed E-state index contributed by atoms with van der Waals surface area (Å²) >= 11 is 2.15. The van der Waals surface area contributed by atoms with Gasteiger partial charge in [-0.25, -0.2) is 8.78 Å². The Morgan fingerprint density at radius 1 is 1.32 bits per heavy atom. The first-order valence-electron chi connectivity index (χ1n) is 7.26. The smallest absolute Gasteiger partial charge is 0.326 e. The number of benzene rings is 1. The summed E-state index contributed by atoms with van der Waals surface area (Å²) in [5.41, 5.74) is 0.0113. The molecule has 3 rings (SSSR count). The summed E-state index contributed by atoms with van der Waals surface area (Å²) in [5.74, 6) is -2.69. The minimum Gasteiger partial charge on any atom is -0.465 e. The minimum absolute atomic E-state index is 0.0113. The number of halogens is 2. The number of aromatic nitrogens is 1. The van der Waals surface area contributed by atoms with Crippen molar-refractivity contribution in [2.24, 2.45) is 4.99 Å². The topological polar surface area (TPSA) is 60.7 Å². The molecule has 0 bridgehead atoms. The molecule has 0 radical (unpaired) electrons. The van der Waals surface area contributed by atoms with Gasteiger partial charge in [-0.15, -0.1) is 11.3 Å². The Labute approximate surface area is 148 Å². The molecule has 0 fully saturated rings. The lowest BCUT2D eigenvalue weighted by atomic mass is 10.3. The highest BCUT2D eigenvalue weighted by Crippen LogP contribution is 2.22. The molecule has 3 aromatic rings. The number of carbonyl (C=O) groups excluding carboxylic acids is 2. The maximum atomic E-state index is 14.2. The van der Waals surface area contributed by atoms with Crippen LogP contribution in [0.5, 0.6) is 0 Å². The van der Waals surface area contributed by atoms with Gasteiger partial charge in [0.05, 0.1) is 21.7 Å². The molecule has 0 aliphatic carbocycles. The molecule has 25 heavy (non-hydrogen) atoms. The molecule has 0 unspecified atom stereocenters. The van der Waals surface area contributed by atoms with Gasteiger partial charge in [0.2, 0.25) is 0 Å². The Morgan fingerprint density at radius 3 is 2.80 bits per heavy atom. The van der Waals surface area contributed by atoms with Crippen molar-refractivity contribution >= 4 is 44.8 Å². The number of fused-ring (bicyclic) bond motifs is 1. The summed E-state index contributed by atoms with van der Waals surface area (Å²) in [6.45, 7) is 1.49. The second-order valence-electron chi connectivity index (χ2n) is 4.90. The van der Waals surface area contributed by atoms with Crippen LogP contribution in [-0.2, 0) is 16.1 Å². The molecule has 9 heteroatoms. The van der Waals surface area contributed by atoms with Crippen LogP contribution in [0, 0.1) is 11.6 Å². The first-order valence-corrected chi connectivity index (χ1v) is 8.95. The number of nitrogens with zero attached hydrogens (tertiary/aromatic N) is 2. The van der Waals surface area contributed by atoms with Crippen molar-refractivity contribution in [3.63, 3.8) is 0 Å². The average molecular weight is 382 g/mol. The average Bonchev–Trinajstić information content (AvgIpc) is 3.16. The molecule has 5 nitrogen and oxygen atoms in total. The van der Waals surface area contributed by atoms with Gasteiger partial charge in [-0.05, 0) is 24.4 Å². The Kier molecular flexibility index (Phi) is 5.05. The van der Waals surface area contributed by atoms with Crippen LogP contribution in [0.25, 0.3) is 10.2 Å². The molecule has 0 atom stereocenters. The Morgan fingerprint density at radius 2 is 2.12 bits per heavy atom. The number of esters is 1. The standard InChI is InChI=1S/C16H12F2N2O3S2/c1-2-23-13(21)8-20-14-10(18)6-9(17)7-12(14)25-16(20)19-15(22)11-4-3-5-24-11/h3-7H,2,8H2,1H3. The van der Waals surface area contributed by atoms with Crippen molar-refractivity contribution in [2.75, 3.05) is 6.61 Å². The molecular weight excluding hydrogens is 370 g/mol. The molecule has 0 saturated heterocycles. The fraction of sp³-hybridized carbons (Fsp3) is 0.188.